The molecule has 1 fully saturated rings. The number of carbonyl (C=O) groups is 4. The van der Waals surface area contributed by atoms with Gasteiger partial charge >= 0.3 is 12.0 Å². The maximum absolute atomic E-state index is 12.6. The van der Waals surface area contributed by atoms with Crippen molar-refractivity contribution in [3.05, 3.63) is 52.4 Å². The summed E-state index contributed by atoms with van der Waals surface area (Å²) < 4.78 is 5.03. The first kappa shape index (κ1) is 21.5. The normalized spacial score (nSPS) is 15.8. The zero-order chi connectivity index (χ0) is 21.7. The number of carbonyl (C=O) groups excluding carboxylic acids is 4. The van der Waals surface area contributed by atoms with Gasteiger partial charge in [-0.3, -0.25) is 14.5 Å². The highest BCUT2D eigenvalue weighted by molar-refractivity contribution is 7.16. The summed E-state index contributed by atoms with van der Waals surface area (Å²) in [6.07, 6.45) is 1.04. The number of anilines is 1. The van der Waals surface area contributed by atoms with Crippen LogP contribution in [0.3, 0.4) is 0 Å². The molecule has 4 amide bonds. The first-order valence-electron chi connectivity index (χ1n) is 9.68. The van der Waals surface area contributed by atoms with E-state index in [1.807, 2.05) is 37.3 Å². The van der Waals surface area contributed by atoms with Crippen LogP contribution in [0.15, 0.2) is 36.4 Å². The van der Waals surface area contributed by atoms with Gasteiger partial charge in [0, 0.05) is 11.3 Å². The Bertz CT molecular complexity index is 957. The molecule has 1 aromatic carbocycles. The van der Waals surface area contributed by atoms with Crippen molar-refractivity contribution >= 4 is 40.2 Å². The predicted molar refractivity (Wildman–Crippen MR) is 112 cm³/mol. The molecule has 158 valence electrons. The molecule has 1 aliphatic rings. The Balaban J connectivity index is 1.66. The van der Waals surface area contributed by atoms with Crippen LogP contribution >= 0.6 is 11.3 Å². The van der Waals surface area contributed by atoms with E-state index in [1.165, 1.54) is 11.3 Å². The molecule has 1 aromatic heterocycles. The van der Waals surface area contributed by atoms with Crippen molar-refractivity contribution in [3.63, 3.8) is 0 Å². The molecule has 0 bridgehead atoms. The third-order valence-electron chi connectivity index (χ3n) is 4.57. The fourth-order valence-electron chi connectivity index (χ4n) is 3.09. The van der Waals surface area contributed by atoms with Gasteiger partial charge in [0.05, 0.1) is 12.2 Å². The Morgan fingerprint density at radius 3 is 2.60 bits per heavy atom. The molecule has 2 heterocycles. The van der Waals surface area contributed by atoms with Gasteiger partial charge in [0.25, 0.3) is 5.91 Å². The lowest BCUT2D eigenvalue weighted by molar-refractivity contribution is -0.130. The van der Waals surface area contributed by atoms with Gasteiger partial charge in [-0.05, 0) is 25.0 Å². The van der Waals surface area contributed by atoms with Crippen LogP contribution in [0.5, 0.6) is 0 Å². The van der Waals surface area contributed by atoms with Crippen LogP contribution < -0.4 is 10.6 Å². The molecular formula is C21H23N3O5S. The number of hydrogen-bond donors (Lipinski definition) is 2. The first-order chi connectivity index (χ1) is 14.4. The smallest absolute Gasteiger partial charge is 0.341 e. The Labute approximate surface area is 178 Å². The number of aryl methyl sites for hydroxylation is 1. The van der Waals surface area contributed by atoms with Crippen molar-refractivity contribution in [2.75, 3.05) is 18.5 Å². The Kier molecular flexibility index (Phi) is 6.83. The molecule has 3 rings (SSSR count). The number of amides is 4. The first-order valence-corrected chi connectivity index (χ1v) is 10.5. The van der Waals surface area contributed by atoms with Gasteiger partial charge in [0.2, 0.25) is 5.91 Å². The molecule has 9 heteroatoms. The van der Waals surface area contributed by atoms with Gasteiger partial charge in [-0.25, -0.2) is 9.59 Å². The van der Waals surface area contributed by atoms with Crippen molar-refractivity contribution in [3.8, 4) is 0 Å². The number of benzene rings is 1. The summed E-state index contributed by atoms with van der Waals surface area (Å²) in [5.74, 6) is -1.54. The second-order valence-corrected chi connectivity index (χ2v) is 7.83. The maximum Gasteiger partial charge on any atom is 0.341 e. The van der Waals surface area contributed by atoms with Crippen LogP contribution in [0, 0.1) is 0 Å². The van der Waals surface area contributed by atoms with Crippen LogP contribution in [0.1, 0.15) is 34.6 Å². The fraction of sp³-hybridized carbons (Fsp3) is 0.333. The van der Waals surface area contributed by atoms with E-state index in [1.54, 1.807) is 13.0 Å². The van der Waals surface area contributed by atoms with Crippen molar-refractivity contribution in [2.45, 2.75) is 32.7 Å². The number of thiophene rings is 1. The number of esters is 1. The number of ether oxygens (including phenoxy) is 1. The number of hydrogen-bond acceptors (Lipinski definition) is 6. The lowest BCUT2D eigenvalue weighted by Crippen LogP contribution is -2.38. The van der Waals surface area contributed by atoms with Crippen LogP contribution in [0.2, 0.25) is 0 Å². The van der Waals surface area contributed by atoms with Crippen molar-refractivity contribution in [2.24, 2.45) is 0 Å². The lowest BCUT2D eigenvalue weighted by atomic mass is 10.1. The number of urea groups is 1. The molecule has 1 unspecified atom stereocenters. The molecule has 8 nitrogen and oxygen atoms in total. The van der Waals surface area contributed by atoms with Gasteiger partial charge in [0.1, 0.15) is 17.6 Å². The topological polar surface area (TPSA) is 105 Å². The Morgan fingerprint density at radius 1 is 1.20 bits per heavy atom. The third kappa shape index (κ3) is 4.85. The molecule has 1 saturated heterocycles. The zero-order valence-corrected chi connectivity index (χ0v) is 17.6. The third-order valence-corrected chi connectivity index (χ3v) is 5.77. The zero-order valence-electron chi connectivity index (χ0n) is 16.8. The number of rotatable bonds is 8. The maximum atomic E-state index is 12.6. The average Bonchev–Trinajstić information content (AvgIpc) is 3.25. The molecule has 2 aromatic rings. The van der Waals surface area contributed by atoms with Crippen molar-refractivity contribution in [1.29, 1.82) is 0 Å². The quantitative estimate of drug-likeness (QED) is 0.496. The largest absolute Gasteiger partial charge is 0.462 e. The summed E-state index contributed by atoms with van der Waals surface area (Å²) in [6, 6.07) is 9.68. The SMILES string of the molecule is CCOC(=O)c1cc(CC)sc1NC(=O)CN1C(=O)NC(Cc2ccccc2)C1=O. The molecule has 1 aliphatic heterocycles. The number of nitrogens with zero attached hydrogens (tertiary/aromatic N) is 1. The highest BCUT2D eigenvalue weighted by atomic mass is 32.1. The summed E-state index contributed by atoms with van der Waals surface area (Å²) in [5, 5.41) is 5.61. The lowest BCUT2D eigenvalue weighted by Gasteiger charge is -2.13. The van der Waals surface area contributed by atoms with E-state index in [9.17, 15) is 19.2 Å². The second-order valence-electron chi connectivity index (χ2n) is 6.69. The standard InChI is InChI=1S/C21H23N3O5S/c1-3-14-11-15(20(27)29-4-2)18(30-14)23-17(25)12-24-19(26)16(22-21(24)28)10-13-8-6-5-7-9-13/h5-9,11,16H,3-4,10,12H2,1-2H3,(H,22,28)(H,23,25). The second kappa shape index (κ2) is 9.53. The van der Waals surface area contributed by atoms with Crippen molar-refractivity contribution < 1.29 is 23.9 Å². The highest BCUT2D eigenvalue weighted by Gasteiger charge is 2.39. The summed E-state index contributed by atoms with van der Waals surface area (Å²) in [5.41, 5.74) is 1.18. The van der Waals surface area contributed by atoms with Gasteiger partial charge in [0.15, 0.2) is 0 Å². The molecule has 0 aliphatic carbocycles. The minimum absolute atomic E-state index is 0.217. The Morgan fingerprint density at radius 2 is 1.93 bits per heavy atom. The highest BCUT2D eigenvalue weighted by Crippen LogP contribution is 2.29. The molecule has 0 saturated carbocycles. The number of nitrogens with one attached hydrogen (secondary N) is 2. The average molecular weight is 429 g/mol. The number of imide groups is 1. The van der Waals surface area contributed by atoms with Crippen molar-refractivity contribution in [1.82, 2.24) is 10.2 Å². The van der Waals surface area contributed by atoms with Crippen LogP contribution in [-0.4, -0.2) is 47.9 Å². The van der Waals surface area contributed by atoms with Gasteiger partial charge in [-0.2, -0.15) is 0 Å². The van der Waals surface area contributed by atoms with E-state index in [2.05, 4.69) is 10.6 Å². The van der Waals surface area contributed by atoms with Crippen LogP contribution in [0.4, 0.5) is 9.80 Å². The molecule has 0 radical (unpaired) electrons. The van der Waals surface area contributed by atoms with Crippen LogP contribution in [0.25, 0.3) is 0 Å². The van der Waals surface area contributed by atoms with E-state index >= 15 is 0 Å². The molecule has 1 atom stereocenters. The van der Waals surface area contributed by atoms with E-state index in [4.69, 9.17) is 4.74 Å². The summed E-state index contributed by atoms with van der Waals surface area (Å²) in [7, 11) is 0. The summed E-state index contributed by atoms with van der Waals surface area (Å²) in [6.45, 7) is 3.42. The minimum Gasteiger partial charge on any atom is -0.462 e. The molecular weight excluding hydrogens is 406 g/mol. The van der Waals surface area contributed by atoms with Gasteiger partial charge in [-0.15, -0.1) is 11.3 Å². The van der Waals surface area contributed by atoms with E-state index in [0.717, 1.165) is 15.3 Å². The fourth-order valence-corrected chi connectivity index (χ4v) is 4.09. The summed E-state index contributed by atoms with van der Waals surface area (Å²) >= 11 is 1.27. The summed E-state index contributed by atoms with van der Waals surface area (Å²) in [4.78, 5) is 51.3. The van der Waals surface area contributed by atoms with E-state index in [0.29, 0.717) is 17.8 Å². The molecule has 0 spiro atoms. The van der Waals surface area contributed by atoms with Gasteiger partial charge < -0.3 is 15.4 Å². The predicted octanol–water partition coefficient (Wildman–Crippen LogP) is 2.59. The molecule has 30 heavy (non-hydrogen) atoms. The van der Waals surface area contributed by atoms with E-state index in [-0.39, 0.29) is 12.2 Å². The molecule has 2 N–H and O–H groups in total. The Hall–Kier alpha value is -3.20. The van der Waals surface area contributed by atoms with Crippen LogP contribution in [-0.2, 0) is 27.2 Å². The minimum atomic E-state index is -0.712. The van der Waals surface area contributed by atoms with Gasteiger partial charge in [-0.1, -0.05) is 37.3 Å². The monoisotopic (exact) mass is 429 g/mol. The van der Waals surface area contributed by atoms with E-state index < -0.39 is 36.4 Å².